The summed E-state index contributed by atoms with van der Waals surface area (Å²) in [7, 11) is 0. The highest BCUT2D eigenvalue weighted by Gasteiger charge is 2.20. The first-order valence-electron chi connectivity index (χ1n) is 5.89. The van der Waals surface area contributed by atoms with Crippen LogP contribution in [-0.2, 0) is 4.79 Å². The number of anilines is 2. The van der Waals surface area contributed by atoms with Crippen LogP contribution in [0.4, 0.5) is 11.4 Å². The van der Waals surface area contributed by atoms with Gasteiger partial charge in [0.25, 0.3) is 5.22 Å². The number of carbonyl (C=O) groups excluding carboxylic acids is 1. The zero-order valence-electron chi connectivity index (χ0n) is 11.2. The van der Waals surface area contributed by atoms with Gasteiger partial charge in [-0.2, -0.15) is 0 Å². The summed E-state index contributed by atoms with van der Waals surface area (Å²) < 4.78 is 5.21. The smallest absolute Gasteiger partial charge is 0.277 e. The summed E-state index contributed by atoms with van der Waals surface area (Å²) in [4.78, 5) is 12.1. The highest BCUT2D eigenvalue weighted by Crippen LogP contribution is 2.33. The number of aryl methyl sites for hydroxylation is 1. The van der Waals surface area contributed by atoms with Crippen molar-refractivity contribution in [3.8, 4) is 0 Å². The molecule has 1 atom stereocenters. The van der Waals surface area contributed by atoms with Gasteiger partial charge in [-0.15, -0.1) is 10.2 Å². The van der Waals surface area contributed by atoms with E-state index in [0.29, 0.717) is 27.5 Å². The Labute approximate surface area is 135 Å². The molecule has 2 aromatic rings. The summed E-state index contributed by atoms with van der Waals surface area (Å²) in [5.41, 5.74) is 6.43. The maximum Gasteiger partial charge on any atom is 0.277 e. The fourth-order valence-corrected chi connectivity index (χ4v) is 2.76. The molecule has 0 saturated heterocycles. The van der Waals surface area contributed by atoms with Crippen LogP contribution in [0.15, 0.2) is 21.8 Å². The fraction of sp³-hybridized carbons (Fsp3) is 0.250. The second-order valence-electron chi connectivity index (χ2n) is 4.19. The van der Waals surface area contributed by atoms with Crippen LogP contribution >= 0.6 is 35.0 Å². The van der Waals surface area contributed by atoms with Gasteiger partial charge >= 0.3 is 0 Å². The van der Waals surface area contributed by atoms with Gasteiger partial charge in [-0.25, -0.2) is 0 Å². The van der Waals surface area contributed by atoms with Crippen LogP contribution in [0, 0.1) is 6.92 Å². The summed E-state index contributed by atoms with van der Waals surface area (Å²) in [5, 5.41) is 10.7. The lowest BCUT2D eigenvalue weighted by molar-refractivity contribution is -0.115. The van der Waals surface area contributed by atoms with E-state index in [4.69, 9.17) is 33.4 Å². The van der Waals surface area contributed by atoms with Crippen molar-refractivity contribution in [2.24, 2.45) is 0 Å². The molecule has 0 spiro atoms. The summed E-state index contributed by atoms with van der Waals surface area (Å²) in [6.07, 6.45) is 0. The van der Waals surface area contributed by atoms with Crippen LogP contribution in [0.3, 0.4) is 0 Å². The molecule has 21 heavy (non-hydrogen) atoms. The Bertz CT molecular complexity index is 654. The Morgan fingerprint density at radius 1 is 1.43 bits per heavy atom. The lowest BCUT2D eigenvalue weighted by Gasteiger charge is -2.13. The summed E-state index contributed by atoms with van der Waals surface area (Å²) in [5.74, 6) is 0.155. The Morgan fingerprint density at radius 3 is 2.71 bits per heavy atom. The van der Waals surface area contributed by atoms with E-state index in [9.17, 15) is 4.79 Å². The van der Waals surface area contributed by atoms with Gasteiger partial charge in [0.2, 0.25) is 11.8 Å². The van der Waals surface area contributed by atoms with Crippen molar-refractivity contribution < 1.29 is 9.21 Å². The largest absolute Gasteiger partial charge is 0.416 e. The highest BCUT2D eigenvalue weighted by atomic mass is 35.5. The number of aromatic nitrogens is 2. The summed E-state index contributed by atoms with van der Waals surface area (Å²) in [6, 6.07) is 3.02. The van der Waals surface area contributed by atoms with Crippen molar-refractivity contribution in [1.82, 2.24) is 10.2 Å². The van der Waals surface area contributed by atoms with E-state index in [1.54, 1.807) is 13.8 Å². The van der Waals surface area contributed by atoms with Gasteiger partial charge in [0, 0.05) is 11.9 Å². The number of thioether (sulfide) groups is 1. The second kappa shape index (κ2) is 6.55. The van der Waals surface area contributed by atoms with Gasteiger partial charge in [-0.1, -0.05) is 35.0 Å². The number of nitrogen functional groups attached to an aromatic ring is 1. The van der Waals surface area contributed by atoms with Gasteiger partial charge in [0.15, 0.2) is 0 Å². The minimum atomic E-state index is -0.462. The van der Waals surface area contributed by atoms with E-state index < -0.39 is 5.25 Å². The number of halogens is 2. The minimum absolute atomic E-state index is 0.277. The molecule has 0 fully saturated rings. The normalized spacial score (nSPS) is 12.2. The SMILES string of the molecule is Cc1nnc(SC(C)C(=O)Nc2c(N)cc(Cl)cc2Cl)o1. The first-order chi connectivity index (χ1) is 9.86. The second-order valence-corrected chi connectivity index (χ2v) is 6.32. The lowest BCUT2D eigenvalue weighted by atomic mass is 10.2. The van der Waals surface area contributed by atoms with E-state index in [1.807, 2.05) is 0 Å². The Hall–Kier alpha value is -1.44. The van der Waals surface area contributed by atoms with Crippen LogP contribution in [0.5, 0.6) is 0 Å². The molecule has 0 bridgehead atoms. The number of amides is 1. The standard InChI is InChI=1S/C12H12Cl2N4O2S/c1-5(21-12-18-17-6(2)20-12)11(19)16-10-8(14)3-7(13)4-9(10)15/h3-5H,15H2,1-2H3,(H,16,19). The van der Waals surface area contributed by atoms with Gasteiger partial charge < -0.3 is 15.5 Å². The topological polar surface area (TPSA) is 94.0 Å². The first kappa shape index (κ1) is 15.9. The van der Waals surface area contributed by atoms with Crippen molar-refractivity contribution >= 4 is 52.2 Å². The highest BCUT2D eigenvalue weighted by molar-refractivity contribution is 8.00. The van der Waals surface area contributed by atoms with E-state index in [1.165, 1.54) is 12.1 Å². The molecule has 1 unspecified atom stereocenters. The number of hydrogen-bond donors (Lipinski definition) is 2. The first-order valence-corrected chi connectivity index (χ1v) is 7.52. The Balaban J connectivity index is 2.07. The molecular formula is C12H12Cl2N4O2S. The van der Waals surface area contributed by atoms with E-state index in [2.05, 4.69) is 15.5 Å². The van der Waals surface area contributed by atoms with Crippen molar-refractivity contribution in [3.05, 3.63) is 28.1 Å². The van der Waals surface area contributed by atoms with Crippen molar-refractivity contribution in [2.45, 2.75) is 24.3 Å². The number of benzene rings is 1. The molecule has 0 aliphatic rings. The Morgan fingerprint density at radius 2 is 2.14 bits per heavy atom. The minimum Gasteiger partial charge on any atom is -0.416 e. The molecular weight excluding hydrogens is 335 g/mol. The number of nitrogens with zero attached hydrogens (tertiary/aromatic N) is 2. The Kier molecular flexibility index (Phi) is 4.97. The third kappa shape index (κ3) is 4.03. The molecule has 9 heteroatoms. The monoisotopic (exact) mass is 346 g/mol. The van der Waals surface area contributed by atoms with Crippen LogP contribution in [-0.4, -0.2) is 21.4 Å². The zero-order valence-corrected chi connectivity index (χ0v) is 13.5. The van der Waals surface area contributed by atoms with Crippen molar-refractivity contribution in [3.63, 3.8) is 0 Å². The average Bonchev–Trinajstić information content (AvgIpc) is 2.78. The molecule has 1 aromatic carbocycles. The van der Waals surface area contributed by atoms with Crippen LogP contribution in [0.2, 0.25) is 10.0 Å². The third-order valence-corrected chi connectivity index (χ3v) is 3.94. The van der Waals surface area contributed by atoms with Crippen LogP contribution < -0.4 is 11.1 Å². The molecule has 0 saturated carbocycles. The van der Waals surface area contributed by atoms with Crippen LogP contribution in [0.1, 0.15) is 12.8 Å². The number of nitrogens with two attached hydrogens (primary N) is 1. The predicted octanol–water partition coefficient (Wildman–Crippen LogP) is 3.39. The molecule has 1 heterocycles. The van der Waals surface area contributed by atoms with E-state index in [-0.39, 0.29) is 10.9 Å². The lowest BCUT2D eigenvalue weighted by Crippen LogP contribution is -2.23. The van der Waals surface area contributed by atoms with Gasteiger partial charge in [-0.3, -0.25) is 4.79 Å². The number of nitrogens with one attached hydrogen (secondary N) is 1. The predicted molar refractivity (Wildman–Crippen MR) is 83.9 cm³/mol. The molecule has 3 N–H and O–H groups in total. The van der Waals surface area contributed by atoms with Crippen molar-refractivity contribution in [1.29, 1.82) is 0 Å². The maximum atomic E-state index is 12.1. The molecule has 1 aromatic heterocycles. The fourth-order valence-electron chi connectivity index (χ4n) is 1.48. The number of carbonyl (C=O) groups is 1. The van der Waals surface area contributed by atoms with E-state index in [0.717, 1.165) is 11.8 Å². The zero-order chi connectivity index (χ0) is 15.6. The summed E-state index contributed by atoms with van der Waals surface area (Å²) in [6.45, 7) is 3.38. The van der Waals surface area contributed by atoms with Gasteiger partial charge in [0.1, 0.15) is 0 Å². The molecule has 112 valence electrons. The molecule has 6 nitrogen and oxygen atoms in total. The van der Waals surface area contributed by atoms with Crippen LogP contribution in [0.25, 0.3) is 0 Å². The molecule has 0 aliphatic heterocycles. The quantitative estimate of drug-likeness (QED) is 0.650. The van der Waals surface area contributed by atoms with Gasteiger partial charge in [0.05, 0.1) is 21.6 Å². The number of rotatable bonds is 4. The molecule has 0 radical (unpaired) electrons. The molecule has 2 rings (SSSR count). The van der Waals surface area contributed by atoms with Crippen molar-refractivity contribution in [2.75, 3.05) is 11.1 Å². The third-order valence-electron chi connectivity index (χ3n) is 2.49. The average molecular weight is 347 g/mol. The number of hydrogen-bond acceptors (Lipinski definition) is 6. The summed E-state index contributed by atoms with van der Waals surface area (Å²) >= 11 is 13.0. The molecule has 1 amide bonds. The van der Waals surface area contributed by atoms with Gasteiger partial charge in [-0.05, 0) is 19.1 Å². The van der Waals surface area contributed by atoms with E-state index >= 15 is 0 Å². The maximum absolute atomic E-state index is 12.1. The molecule has 0 aliphatic carbocycles.